The lowest BCUT2D eigenvalue weighted by atomic mass is 10.1. The molecule has 3 rings (SSSR count). The summed E-state index contributed by atoms with van der Waals surface area (Å²) in [6.07, 6.45) is 1.98. The molecule has 6 nitrogen and oxygen atoms in total. The second-order valence-corrected chi connectivity index (χ2v) is 5.76. The quantitative estimate of drug-likeness (QED) is 0.573. The molecular formula is C15H12Cl2N4O2. The number of benzene rings is 1. The first kappa shape index (κ1) is 15.7. The summed E-state index contributed by atoms with van der Waals surface area (Å²) in [5.41, 5.74) is 8.56. The fourth-order valence-corrected chi connectivity index (χ4v) is 2.74. The minimum atomic E-state index is -0.440. The third-order valence-corrected chi connectivity index (χ3v) is 4.23. The van der Waals surface area contributed by atoms with Gasteiger partial charge in [0.05, 0.1) is 32.6 Å². The van der Waals surface area contributed by atoms with Crippen molar-refractivity contribution >= 4 is 34.5 Å². The van der Waals surface area contributed by atoms with Crippen LogP contribution >= 0.6 is 23.2 Å². The average molecular weight is 351 g/mol. The molecule has 0 radical (unpaired) electrons. The summed E-state index contributed by atoms with van der Waals surface area (Å²) >= 11 is 12.0. The van der Waals surface area contributed by atoms with E-state index >= 15 is 0 Å². The fraction of sp³-hybridized carbons (Fsp3) is 0.133. The molecule has 0 bridgehead atoms. The van der Waals surface area contributed by atoms with Crippen LogP contribution in [0.4, 0.5) is 5.69 Å². The zero-order valence-corrected chi connectivity index (χ0v) is 13.4. The number of hydrogen-bond acceptors (Lipinski definition) is 4. The van der Waals surface area contributed by atoms with Crippen molar-refractivity contribution in [2.24, 2.45) is 5.73 Å². The molecule has 23 heavy (non-hydrogen) atoms. The third kappa shape index (κ3) is 2.88. The number of halogens is 2. The molecule has 0 saturated carbocycles. The highest BCUT2D eigenvalue weighted by Gasteiger charge is 2.17. The highest BCUT2D eigenvalue weighted by atomic mass is 35.5. The first-order valence-corrected chi connectivity index (χ1v) is 7.57. The maximum Gasteiger partial charge on any atom is 0.286 e. The summed E-state index contributed by atoms with van der Waals surface area (Å²) in [5, 5.41) is 11.9. The minimum Gasteiger partial charge on any atom is -0.330 e. The Kier molecular flexibility index (Phi) is 4.21. The SMILES string of the molecule is NCCc1c(-c2ccc(Cl)c(Cl)c2)nc2ccc([N+](=O)[O-])cn12. The molecule has 8 heteroatoms. The van der Waals surface area contributed by atoms with E-state index < -0.39 is 4.92 Å². The van der Waals surface area contributed by atoms with Gasteiger partial charge >= 0.3 is 0 Å². The van der Waals surface area contributed by atoms with Gasteiger partial charge in [0.2, 0.25) is 0 Å². The smallest absolute Gasteiger partial charge is 0.286 e. The molecule has 3 aromatic rings. The van der Waals surface area contributed by atoms with Crippen molar-refractivity contribution in [3.8, 4) is 11.3 Å². The largest absolute Gasteiger partial charge is 0.330 e. The highest BCUT2D eigenvalue weighted by Crippen LogP contribution is 2.31. The number of aromatic nitrogens is 2. The standard InChI is InChI=1S/C15H12Cl2N4O2/c16-11-3-1-9(7-12(11)17)15-13(5-6-18)20-8-10(21(22)23)2-4-14(20)19-15/h1-4,7-8H,5-6,18H2. The van der Waals surface area contributed by atoms with Crippen LogP contribution in [0.3, 0.4) is 0 Å². The third-order valence-electron chi connectivity index (χ3n) is 3.49. The molecule has 0 aliphatic rings. The van der Waals surface area contributed by atoms with E-state index in [-0.39, 0.29) is 5.69 Å². The topological polar surface area (TPSA) is 86.5 Å². The number of nitrogens with two attached hydrogens (primary N) is 1. The molecule has 0 aliphatic heterocycles. The first-order chi connectivity index (χ1) is 11.0. The zero-order valence-electron chi connectivity index (χ0n) is 11.9. The van der Waals surface area contributed by atoms with E-state index in [0.717, 1.165) is 11.3 Å². The van der Waals surface area contributed by atoms with Gasteiger partial charge in [0.15, 0.2) is 0 Å². The summed E-state index contributed by atoms with van der Waals surface area (Å²) in [4.78, 5) is 15.1. The Morgan fingerprint density at radius 2 is 2.00 bits per heavy atom. The first-order valence-electron chi connectivity index (χ1n) is 6.82. The number of nitro groups is 1. The van der Waals surface area contributed by atoms with Crippen LogP contribution in [0.25, 0.3) is 16.9 Å². The molecule has 0 saturated heterocycles. The van der Waals surface area contributed by atoms with E-state index in [0.29, 0.717) is 34.4 Å². The van der Waals surface area contributed by atoms with Gasteiger partial charge in [-0.05, 0) is 24.7 Å². The van der Waals surface area contributed by atoms with Gasteiger partial charge in [0.1, 0.15) is 5.65 Å². The summed E-state index contributed by atoms with van der Waals surface area (Å²) in [7, 11) is 0. The van der Waals surface area contributed by atoms with Crippen LogP contribution in [0.5, 0.6) is 0 Å². The second-order valence-electron chi connectivity index (χ2n) is 4.95. The monoisotopic (exact) mass is 350 g/mol. The van der Waals surface area contributed by atoms with E-state index in [9.17, 15) is 10.1 Å². The fourth-order valence-electron chi connectivity index (χ4n) is 2.44. The van der Waals surface area contributed by atoms with E-state index in [1.165, 1.54) is 12.3 Å². The lowest BCUT2D eigenvalue weighted by Crippen LogP contribution is -2.06. The molecule has 0 aliphatic carbocycles. The normalized spacial score (nSPS) is 11.1. The van der Waals surface area contributed by atoms with Crippen molar-refractivity contribution in [2.45, 2.75) is 6.42 Å². The number of nitrogens with zero attached hydrogens (tertiary/aromatic N) is 3. The van der Waals surface area contributed by atoms with Crippen molar-refractivity contribution in [2.75, 3.05) is 6.54 Å². The molecule has 0 fully saturated rings. The van der Waals surface area contributed by atoms with Crippen LogP contribution in [0.15, 0.2) is 36.5 Å². The Morgan fingerprint density at radius 1 is 1.22 bits per heavy atom. The maximum absolute atomic E-state index is 11.0. The Hall–Kier alpha value is -2.15. The summed E-state index contributed by atoms with van der Waals surface area (Å²) in [5.74, 6) is 0. The van der Waals surface area contributed by atoms with Gasteiger partial charge in [0, 0.05) is 18.1 Å². The van der Waals surface area contributed by atoms with Crippen LogP contribution in [-0.2, 0) is 6.42 Å². The molecule has 2 aromatic heterocycles. The molecule has 1 aromatic carbocycles. The van der Waals surface area contributed by atoms with Gasteiger partial charge in [-0.15, -0.1) is 0 Å². The zero-order chi connectivity index (χ0) is 16.6. The number of rotatable bonds is 4. The number of hydrogen-bond donors (Lipinski definition) is 1. The number of fused-ring (bicyclic) bond motifs is 1. The van der Waals surface area contributed by atoms with Gasteiger partial charge in [0.25, 0.3) is 5.69 Å². The molecule has 118 valence electrons. The Morgan fingerprint density at radius 3 is 2.65 bits per heavy atom. The Labute approximate surface area is 141 Å². The van der Waals surface area contributed by atoms with Crippen molar-refractivity contribution in [1.82, 2.24) is 9.38 Å². The van der Waals surface area contributed by atoms with E-state index in [2.05, 4.69) is 4.98 Å². The number of imidazole rings is 1. The predicted molar refractivity (Wildman–Crippen MR) is 90.1 cm³/mol. The van der Waals surface area contributed by atoms with Gasteiger partial charge in [-0.2, -0.15) is 0 Å². The van der Waals surface area contributed by atoms with Crippen LogP contribution in [-0.4, -0.2) is 20.9 Å². The van der Waals surface area contributed by atoms with Crippen molar-refractivity contribution in [1.29, 1.82) is 0 Å². The predicted octanol–water partition coefficient (Wildman–Crippen LogP) is 3.72. The number of pyridine rings is 1. The van der Waals surface area contributed by atoms with Gasteiger partial charge in [-0.25, -0.2) is 4.98 Å². The molecule has 0 unspecified atom stereocenters. The van der Waals surface area contributed by atoms with Crippen LogP contribution in [0.1, 0.15) is 5.69 Å². The van der Waals surface area contributed by atoms with Gasteiger partial charge in [-0.1, -0.05) is 29.3 Å². The molecule has 2 heterocycles. The molecule has 0 atom stereocenters. The van der Waals surface area contributed by atoms with Crippen molar-refractivity contribution in [3.63, 3.8) is 0 Å². The average Bonchev–Trinajstić information content (AvgIpc) is 2.88. The van der Waals surface area contributed by atoms with Crippen molar-refractivity contribution < 1.29 is 4.92 Å². The summed E-state index contributed by atoms with van der Waals surface area (Å²) in [6, 6.07) is 8.26. The van der Waals surface area contributed by atoms with E-state index in [4.69, 9.17) is 28.9 Å². The van der Waals surface area contributed by atoms with Gasteiger partial charge < -0.3 is 5.73 Å². The van der Waals surface area contributed by atoms with E-state index in [1.807, 2.05) is 6.07 Å². The Balaban J connectivity index is 2.24. The van der Waals surface area contributed by atoms with Crippen molar-refractivity contribution in [3.05, 3.63) is 62.4 Å². The second kappa shape index (κ2) is 6.16. The minimum absolute atomic E-state index is 0.00569. The van der Waals surface area contributed by atoms with Gasteiger partial charge in [-0.3, -0.25) is 14.5 Å². The van der Waals surface area contributed by atoms with Crippen LogP contribution in [0.2, 0.25) is 10.0 Å². The van der Waals surface area contributed by atoms with Crippen LogP contribution in [0, 0.1) is 10.1 Å². The molecule has 0 spiro atoms. The van der Waals surface area contributed by atoms with Crippen LogP contribution < -0.4 is 5.73 Å². The summed E-state index contributed by atoms with van der Waals surface area (Å²) in [6.45, 7) is 0.394. The molecule has 0 amide bonds. The lowest BCUT2D eigenvalue weighted by Gasteiger charge is -2.05. The highest BCUT2D eigenvalue weighted by molar-refractivity contribution is 6.42. The summed E-state index contributed by atoms with van der Waals surface area (Å²) < 4.78 is 1.70. The maximum atomic E-state index is 11.0. The van der Waals surface area contributed by atoms with E-state index in [1.54, 1.807) is 22.6 Å². The Bertz CT molecular complexity index is 908. The molecule has 2 N–H and O–H groups in total. The lowest BCUT2D eigenvalue weighted by molar-refractivity contribution is -0.385. The molecular weight excluding hydrogens is 339 g/mol.